The van der Waals surface area contributed by atoms with Crippen LogP contribution in [-0.2, 0) is 20.3 Å². The van der Waals surface area contributed by atoms with E-state index in [4.69, 9.17) is 4.74 Å². The summed E-state index contributed by atoms with van der Waals surface area (Å²) in [5, 5.41) is 0.240. The van der Waals surface area contributed by atoms with Gasteiger partial charge >= 0.3 is 5.97 Å². The van der Waals surface area contributed by atoms with Crippen LogP contribution in [0, 0.1) is 0 Å². The largest absolute Gasteiger partial charge is 0.465 e. The van der Waals surface area contributed by atoms with E-state index in [2.05, 4.69) is 0 Å². The fraction of sp³-hybridized carbons (Fsp3) is 0.909. The molecule has 0 amide bonds. The quantitative estimate of drug-likeness (QED) is 0.520. The highest BCUT2D eigenvalue weighted by molar-refractivity contribution is 7.86. The lowest BCUT2D eigenvalue weighted by molar-refractivity contribution is -0.140. The SMILES string of the molecule is CCCCOC(=O)CS(=O)C1CCCC1. The van der Waals surface area contributed by atoms with Gasteiger partial charge in [0.25, 0.3) is 0 Å². The van der Waals surface area contributed by atoms with Crippen LogP contribution in [0.1, 0.15) is 45.4 Å². The Labute approximate surface area is 94.0 Å². The van der Waals surface area contributed by atoms with Gasteiger partial charge in [0.1, 0.15) is 5.75 Å². The van der Waals surface area contributed by atoms with Gasteiger partial charge in [-0.2, -0.15) is 0 Å². The van der Waals surface area contributed by atoms with Gasteiger partial charge in [-0.1, -0.05) is 26.2 Å². The minimum Gasteiger partial charge on any atom is -0.465 e. The van der Waals surface area contributed by atoms with Crippen molar-refractivity contribution in [3.8, 4) is 0 Å². The van der Waals surface area contributed by atoms with E-state index in [1.165, 1.54) is 0 Å². The molecule has 0 aromatic heterocycles. The van der Waals surface area contributed by atoms with Crippen molar-refractivity contribution in [3.05, 3.63) is 0 Å². The van der Waals surface area contributed by atoms with E-state index in [1.807, 2.05) is 6.92 Å². The summed E-state index contributed by atoms with van der Waals surface area (Å²) in [7, 11) is -1.01. The number of carbonyl (C=O) groups excluding carboxylic acids is 1. The zero-order chi connectivity index (χ0) is 11.1. The van der Waals surface area contributed by atoms with E-state index >= 15 is 0 Å². The van der Waals surface area contributed by atoms with E-state index in [1.54, 1.807) is 0 Å². The molecule has 0 aromatic carbocycles. The Morgan fingerprint density at radius 3 is 2.67 bits per heavy atom. The summed E-state index contributed by atoms with van der Waals surface area (Å²) in [5.41, 5.74) is 0. The Bertz CT molecular complexity index is 222. The molecule has 0 bridgehead atoms. The first kappa shape index (κ1) is 12.7. The molecule has 88 valence electrons. The van der Waals surface area contributed by atoms with Gasteiger partial charge in [-0.3, -0.25) is 9.00 Å². The van der Waals surface area contributed by atoms with Crippen molar-refractivity contribution in [1.29, 1.82) is 0 Å². The highest BCUT2D eigenvalue weighted by Crippen LogP contribution is 2.22. The molecule has 1 atom stereocenters. The lowest BCUT2D eigenvalue weighted by Crippen LogP contribution is -2.21. The maximum absolute atomic E-state index is 11.7. The normalized spacial score (nSPS) is 19.0. The topological polar surface area (TPSA) is 43.4 Å². The van der Waals surface area contributed by atoms with Gasteiger partial charge in [-0.25, -0.2) is 0 Å². The Balaban J connectivity index is 2.16. The van der Waals surface area contributed by atoms with Crippen LogP contribution in [-0.4, -0.2) is 27.8 Å². The monoisotopic (exact) mass is 232 g/mol. The van der Waals surface area contributed by atoms with Crippen LogP contribution in [0.2, 0.25) is 0 Å². The van der Waals surface area contributed by atoms with E-state index in [0.717, 1.165) is 38.5 Å². The molecule has 1 saturated carbocycles. The first-order valence-corrected chi connectivity index (χ1v) is 7.15. The molecule has 0 heterocycles. The molecule has 0 saturated heterocycles. The second-order valence-electron chi connectivity index (χ2n) is 4.01. The van der Waals surface area contributed by atoms with Crippen LogP contribution >= 0.6 is 0 Å². The van der Waals surface area contributed by atoms with Gasteiger partial charge in [0, 0.05) is 16.0 Å². The number of unbranched alkanes of at least 4 members (excludes halogenated alkanes) is 1. The average molecular weight is 232 g/mol. The summed E-state index contributed by atoms with van der Waals surface area (Å²) in [4.78, 5) is 11.3. The third-order valence-electron chi connectivity index (χ3n) is 2.70. The summed E-state index contributed by atoms with van der Waals surface area (Å²) in [6, 6.07) is 0. The van der Waals surface area contributed by atoms with Crippen molar-refractivity contribution < 1.29 is 13.7 Å². The number of carbonyl (C=O) groups is 1. The maximum atomic E-state index is 11.7. The van der Waals surface area contributed by atoms with Gasteiger partial charge in [0.05, 0.1) is 6.61 Å². The first-order valence-electron chi connectivity index (χ1n) is 5.77. The summed E-state index contributed by atoms with van der Waals surface area (Å²) in [6.07, 6.45) is 6.23. The summed E-state index contributed by atoms with van der Waals surface area (Å²) >= 11 is 0. The number of hydrogen-bond acceptors (Lipinski definition) is 3. The average Bonchev–Trinajstić information content (AvgIpc) is 2.70. The highest BCUT2D eigenvalue weighted by Gasteiger charge is 2.23. The smallest absolute Gasteiger partial charge is 0.318 e. The molecule has 1 aliphatic rings. The molecular formula is C11H20O3S. The van der Waals surface area contributed by atoms with Crippen molar-refractivity contribution in [2.24, 2.45) is 0 Å². The van der Waals surface area contributed by atoms with E-state index in [9.17, 15) is 9.00 Å². The van der Waals surface area contributed by atoms with Gasteiger partial charge < -0.3 is 4.74 Å². The number of ether oxygens (including phenoxy) is 1. The lowest BCUT2D eigenvalue weighted by atomic mass is 10.4. The zero-order valence-electron chi connectivity index (χ0n) is 9.37. The second kappa shape index (κ2) is 6.99. The second-order valence-corrected chi connectivity index (χ2v) is 5.72. The molecule has 3 nitrogen and oxygen atoms in total. The Morgan fingerprint density at radius 2 is 2.07 bits per heavy atom. The predicted octanol–water partition coefficient (Wildman–Crippen LogP) is 2.02. The van der Waals surface area contributed by atoms with Crippen molar-refractivity contribution in [3.63, 3.8) is 0 Å². The lowest BCUT2D eigenvalue weighted by Gasteiger charge is -2.08. The molecule has 0 aliphatic heterocycles. The van der Waals surface area contributed by atoms with Crippen LogP contribution in [0.3, 0.4) is 0 Å². The Morgan fingerprint density at radius 1 is 1.40 bits per heavy atom. The highest BCUT2D eigenvalue weighted by atomic mass is 32.2. The van der Waals surface area contributed by atoms with Crippen LogP contribution < -0.4 is 0 Å². The van der Waals surface area contributed by atoms with Gasteiger partial charge in [-0.15, -0.1) is 0 Å². The van der Waals surface area contributed by atoms with Crippen molar-refractivity contribution >= 4 is 16.8 Å². The molecule has 0 N–H and O–H groups in total. The maximum Gasteiger partial charge on any atom is 0.318 e. The molecule has 1 rings (SSSR count). The minimum atomic E-state index is -1.01. The fourth-order valence-corrected chi connectivity index (χ4v) is 3.17. The third-order valence-corrected chi connectivity index (χ3v) is 4.43. The third kappa shape index (κ3) is 4.78. The molecule has 0 aromatic rings. The summed E-state index contributed by atoms with van der Waals surface area (Å²) < 4.78 is 16.7. The molecule has 1 fully saturated rings. The van der Waals surface area contributed by atoms with Crippen molar-refractivity contribution in [2.75, 3.05) is 12.4 Å². The van der Waals surface area contributed by atoms with E-state index < -0.39 is 10.8 Å². The van der Waals surface area contributed by atoms with Gasteiger partial charge in [-0.05, 0) is 19.3 Å². The zero-order valence-corrected chi connectivity index (χ0v) is 10.2. The fourth-order valence-electron chi connectivity index (χ4n) is 1.76. The van der Waals surface area contributed by atoms with E-state index in [0.29, 0.717) is 6.61 Å². The van der Waals surface area contributed by atoms with E-state index in [-0.39, 0.29) is 17.0 Å². The minimum absolute atomic E-state index is 0.0916. The molecule has 4 heteroatoms. The van der Waals surface area contributed by atoms with Crippen LogP contribution in [0.5, 0.6) is 0 Å². The molecule has 0 spiro atoms. The summed E-state index contributed by atoms with van der Waals surface area (Å²) in [5.74, 6) is -0.206. The molecule has 1 unspecified atom stereocenters. The Hall–Kier alpha value is -0.380. The Kier molecular flexibility index (Phi) is 5.91. The number of rotatable bonds is 6. The molecular weight excluding hydrogens is 212 g/mol. The van der Waals surface area contributed by atoms with Crippen molar-refractivity contribution in [2.45, 2.75) is 50.7 Å². The first-order chi connectivity index (χ1) is 7.24. The van der Waals surface area contributed by atoms with Gasteiger partial charge in [0.15, 0.2) is 0 Å². The molecule has 0 radical (unpaired) electrons. The van der Waals surface area contributed by atoms with Crippen LogP contribution in [0.4, 0.5) is 0 Å². The van der Waals surface area contributed by atoms with Crippen LogP contribution in [0.25, 0.3) is 0 Å². The standard InChI is InChI=1S/C11H20O3S/c1-2-3-8-14-11(12)9-15(13)10-6-4-5-7-10/h10H,2-9H2,1H3. The van der Waals surface area contributed by atoms with Crippen molar-refractivity contribution in [1.82, 2.24) is 0 Å². The summed E-state index contributed by atoms with van der Waals surface area (Å²) in [6.45, 7) is 2.52. The number of hydrogen-bond donors (Lipinski definition) is 0. The predicted molar refractivity (Wildman–Crippen MR) is 61.1 cm³/mol. The number of esters is 1. The molecule has 1 aliphatic carbocycles. The van der Waals surface area contributed by atoms with Crippen LogP contribution in [0.15, 0.2) is 0 Å². The van der Waals surface area contributed by atoms with Gasteiger partial charge in [0.2, 0.25) is 0 Å². The molecule has 15 heavy (non-hydrogen) atoms.